The molecule has 2 atom stereocenters. The Balaban J connectivity index is 0. The summed E-state index contributed by atoms with van der Waals surface area (Å²) in [6.07, 6.45) is 22.3. The van der Waals surface area contributed by atoms with E-state index in [0.29, 0.717) is 19.1 Å². The fourth-order valence-corrected chi connectivity index (χ4v) is 4.71. The van der Waals surface area contributed by atoms with E-state index in [4.69, 9.17) is 14.2 Å². The van der Waals surface area contributed by atoms with E-state index in [-0.39, 0.29) is 11.8 Å². The van der Waals surface area contributed by atoms with Gasteiger partial charge in [0.1, 0.15) is 0 Å². The summed E-state index contributed by atoms with van der Waals surface area (Å²) in [6.45, 7) is 18.4. The zero-order chi connectivity index (χ0) is 28.2. The first-order chi connectivity index (χ1) is 17.9. The van der Waals surface area contributed by atoms with E-state index in [1.807, 2.05) is 13.8 Å². The summed E-state index contributed by atoms with van der Waals surface area (Å²) in [7, 11) is 0. The van der Waals surface area contributed by atoms with Crippen LogP contribution in [0.4, 0.5) is 0 Å². The molecule has 0 spiro atoms. The summed E-state index contributed by atoms with van der Waals surface area (Å²) in [5.74, 6) is 0.377. The fourth-order valence-electron chi connectivity index (χ4n) is 4.71. The lowest BCUT2D eigenvalue weighted by Crippen LogP contribution is -2.26. The summed E-state index contributed by atoms with van der Waals surface area (Å²) >= 11 is 0. The number of hydrogen-bond donors (Lipinski definition) is 0. The second-order valence-electron chi connectivity index (χ2n) is 10.8. The normalized spacial score (nSPS) is 18.7. The van der Waals surface area contributed by atoms with Gasteiger partial charge in [-0.2, -0.15) is 0 Å². The number of hydrogen-bond acceptors (Lipinski definition) is 4. The Morgan fingerprint density at radius 1 is 0.811 bits per heavy atom. The average molecular weight is 529 g/mol. The highest BCUT2D eigenvalue weighted by atomic mass is 16.7. The molecule has 1 rings (SSSR count). The van der Waals surface area contributed by atoms with Crippen molar-refractivity contribution in [3.8, 4) is 0 Å². The molecule has 0 aliphatic carbocycles. The van der Waals surface area contributed by atoms with Crippen molar-refractivity contribution in [2.75, 3.05) is 13.2 Å². The van der Waals surface area contributed by atoms with Gasteiger partial charge in [0, 0.05) is 12.8 Å². The summed E-state index contributed by atoms with van der Waals surface area (Å²) in [6, 6.07) is 0. The zero-order valence-electron chi connectivity index (χ0n) is 26.6. The molecule has 0 amide bonds. The Morgan fingerprint density at radius 2 is 1.35 bits per heavy atom. The molecule has 0 aromatic heterocycles. The Bertz CT molecular complexity index is 459. The van der Waals surface area contributed by atoms with E-state index < -0.39 is 0 Å². The van der Waals surface area contributed by atoms with Crippen LogP contribution in [0.2, 0.25) is 0 Å². The number of ether oxygens (including phenoxy) is 3. The van der Waals surface area contributed by atoms with Crippen LogP contribution in [0.5, 0.6) is 0 Å². The topological polar surface area (TPSA) is 44.8 Å². The number of carbonyl (C=O) groups excluding carboxylic acids is 1. The monoisotopic (exact) mass is 529 g/mol. The van der Waals surface area contributed by atoms with Gasteiger partial charge in [-0.3, -0.25) is 4.79 Å². The van der Waals surface area contributed by atoms with Gasteiger partial charge >= 0.3 is 5.97 Å². The van der Waals surface area contributed by atoms with Crippen LogP contribution in [0, 0.1) is 5.92 Å². The van der Waals surface area contributed by atoms with Crippen molar-refractivity contribution in [3.05, 3.63) is 0 Å². The molecule has 1 fully saturated rings. The van der Waals surface area contributed by atoms with E-state index in [2.05, 4.69) is 41.5 Å². The molecular formula is C33H68O4. The zero-order valence-corrected chi connectivity index (χ0v) is 26.6. The summed E-state index contributed by atoms with van der Waals surface area (Å²) < 4.78 is 17.5. The second kappa shape index (κ2) is 28.4. The SMILES string of the molecule is CC.CCC.CCCCC(CCCC)CCOC(=O)CCCCCCCCCC1(C)OCC(CCC)O1. The van der Waals surface area contributed by atoms with Crippen LogP contribution in [-0.4, -0.2) is 31.1 Å². The molecule has 4 heteroatoms. The highest BCUT2D eigenvalue weighted by Crippen LogP contribution is 2.30. The molecule has 0 N–H and O–H groups in total. The first-order valence-electron chi connectivity index (χ1n) is 16.4. The van der Waals surface area contributed by atoms with Crippen molar-refractivity contribution in [1.82, 2.24) is 0 Å². The largest absolute Gasteiger partial charge is 0.466 e. The van der Waals surface area contributed by atoms with Crippen LogP contribution in [-0.2, 0) is 19.0 Å². The van der Waals surface area contributed by atoms with Crippen LogP contribution in [0.15, 0.2) is 0 Å². The van der Waals surface area contributed by atoms with Crippen LogP contribution >= 0.6 is 0 Å². The maximum absolute atomic E-state index is 12.0. The smallest absolute Gasteiger partial charge is 0.305 e. The molecule has 1 aliphatic heterocycles. The third kappa shape index (κ3) is 24.2. The Kier molecular flexibility index (Phi) is 29.6. The van der Waals surface area contributed by atoms with Gasteiger partial charge in [-0.25, -0.2) is 0 Å². The molecule has 0 aromatic rings. The van der Waals surface area contributed by atoms with Crippen molar-refractivity contribution in [1.29, 1.82) is 0 Å². The lowest BCUT2D eigenvalue weighted by Gasteiger charge is -2.23. The van der Waals surface area contributed by atoms with E-state index in [0.717, 1.165) is 51.0 Å². The molecule has 0 bridgehead atoms. The van der Waals surface area contributed by atoms with Crippen LogP contribution in [0.25, 0.3) is 0 Å². The molecule has 4 nitrogen and oxygen atoms in total. The minimum absolute atomic E-state index is 0.000850. The van der Waals surface area contributed by atoms with Crippen molar-refractivity contribution >= 4 is 5.97 Å². The van der Waals surface area contributed by atoms with Gasteiger partial charge in [-0.1, -0.05) is 132 Å². The van der Waals surface area contributed by atoms with Gasteiger partial charge < -0.3 is 14.2 Å². The lowest BCUT2D eigenvalue weighted by molar-refractivity contribution is -0.159. The molecule has 0 aromatic carbocycles. The minimum atomic E-state index is -0.355. The van der Waals surface area contributed by atoms with Crippen LogP contribution in [0.1, 0.15) is 177 Å². The van der Waals surface area contributed by atoms with Crippen molar-refractivity contribution < 1.29 is 19.0 Å². The first kappa shape index (κ1) is 38.5. The van der Waals surface area contributed by atoms with Gasteiger partial charge in [0.05, 0.1) is 19.3 Å². The predicted octanol–water partition coefficient (Wildman–Crippen LogP) is 10.8. The molecule has 2 unspecified atom stereocenters. The minimum Gasteiger partial charge on any atom is -0.466 e. The van der Waals surface area contributed by atoms with Gasteiger partial charge in [0.25, 0.3) is 0 Å². The molecule has 0 saturated carbocycles. The number of rotatable bonds is 21. The fraction of sp³-hybridized carbons (Fsp3) is 0.970. The highest BCUT2D eigenvalue weighted by Gasteiger charge is 2.35. The van der Waals surface area contributed by atoms with Crippen LogP contribution in [0.3, 0.4) is 0 Å². The molecule has 1 heterocycles. The highest BCUT2D eigenvalue weighted by molar-refractivity contribution is 5.69. The van der Waals surface area contributed by atoms with Crippen molar-refractivity contribution in [3.63, 3.8) is 0 Å². The van der Waals surface area contributed by atoms with E-state index in [1.165, 1.54) is 77.0 Å². The Hall–Kier alpha value is -0.610. The van der Waals surface area contributed by atoms with Gasteiger partial charge in [0.2, 0.25) is 0 Å². The first-order valence-corrected chi connectivity index (χ1v) is 16.4. The molecule has 37 heavy (non-hydrogen) atoms. The van der Waals surface area contributed by atoms with Crippen LogP contribution < -0.4 is 0 Å². The molecule has 0 radical (unpaired) electrons. The standard InChI is InChI=1S/C28H54O4.C3H8.C2H6/c1-5-8-18-25(19-9-6-2)21-23-30-27(29)20-15-13-11-10-12-14-16-22-28(4)31-24-26(32-28)17-7-3;1-3-2;1-2/h25-26H,5-24H2,1-4H3;3H2,1-2H3;1-2H3. The average Bonchev–Trinajstić information content (AvgIpc) is 3.26. The molecule has 1 saturated heterocycles. The number of unbranched alkanes of at least 4 members (excludes halogenated alkanes) is 8. The predicted molar refractivity (Wildman–Crippen MR) is 161 cm³/mol. The maximum atomic E-state index is 12.0. The van der Waals surface area contributed by atoms with Gasteiger partial charge in [0.15, 0.2) is 5.79 Å². The van der Waals surface area contributed by atoms with Crippen molar-refractivity contribution in [2.45, 2.75) is 189 Å². The molecular weight excluding hydrogens is 460 g/mol. The number of esters is 1. The van der Waals surface area contributed by atoms with E-state index >= 15 is 0 Å². The summed E-state index contributed by atoms with van der Waals surface area (Å²) in [4.78, 5) is 12.0. The maximum Gasteiger partial charge on any atom is 0.305 e. The van der Waals surface area contributed by atoms with Crippen molar-refractivity contribution in [2.24, 2.45) is 5.92 Å². The number of carbonyl (C=O) groups is 1. The van der Waals surface area contributed by atoms with Gasteiger partial charge in [-0.05, 0) is 38.5 Å². The Morgan fingerprint density at radius 3 is 1.89 bits per heavy atom. The molecule has 1 aliphatic rings. The Labute approximate surface area is 233 Å². The summed E-state index contributed by atoms with van der Waals surface area (Å²) in [5.41, 5.74) is 0. The van der Waals surface area contributed by atoms with Gasteiger partial charge in [-0.15, -0.1) is 0 Å². The van der Waals surface area contributed by atoms with E-state index in [9.17, 15) is 4.79 Å². The third-order valence-corrected chi connectivity index (χ3v) is 6.83. The second-order valence-corrected chi connectivity index (χ2v) is 10.8. The van der Waals surface area contributed by atoms with E-state index in [1.54, 1.807) is 0 Å². The quantitative estimate of drug-likeness (QED) is 0.110. The lowest BCUT2D eigenvalue weighted by atomic mass is 9.93. The summed E-state index contributed by atoms with van der Waals surface area (Å²) in [5, 5.41) is 0. The third-order valence-electron chi connectivity index (χ3n) is 6.83. The molecule has 224 valence electrons.